The lowest BCUT2D eigenvalue weighted by molar-refractivity contribution is -0.127. The van der Waals surface area contributed by atoms with Crippen LogP contribution in [-0.4, -0.2) is 35.1 Å². The summed E-state index contributed by atoms with van der Waals surface area (Å²) in [5, 5.41) is 2.52. The molecule has 0 aromatic heterocycles. The number of hydrogen-bond donors (Lipinski definition) is 1. The molecule has 3 aromatic carbocycles. The Morgan fingerprint density at radius 2 is 1.79 bits per heavy atom. The number of thioether (sulfide) groups is 1. The van der Waals surface area contributed by atoms with Gasteiger partial charge in [-0.1, -0.05) is 45.7 Å². The van der Waals surface area contributed by atoms with Crippen molar-refractivity contribution < 1.29 is 23.9 Å². The Balaban J connectivity index is 1.48. The molecular formula is C29H26BrClN2O5S. The van der Waals surface area contributed by atoms with Gasteiger partial charge in [0.15, 0.2) is 11.5 Å². The molecule has 4 rings (SSSR count). The van der Waals surface area contributed by atoms with Gasteiger partial charge in [-0.3, -0.25) is 19.3 Å². The van der Waals surface area contributed by atoms with Gasteiger partial charge in [0.05, 0.1) is 16.5 Å². The van der Waals surface area contributed by atoms with Crippen LogP contribution in [0.2, 0.25) is 5.02 Å². The maximum atomic E-state index is 13.0. The molecule has 202 valence electrons. The van der Waals surface area contributed by atoms with E-state index >= 15 is 0 Å². The van der Waals surface area contributed by atoms with Crippen molar-refractivity contribution in [3.8, 4) is 11.5 Å². The normalized spacial score (nSPS) is 14.2. The summed E-state index contributed by atoms with van der Waals surface area (Å²) >= 11 is 10.7. The molecule has 0 atom stereocenters. The highest BCUT2D eigenvalue weighted by atomic mass is 79.9. The van der Waals surface area contributed by atoms with Crippen LogP contribution in [0, 0.1) is 13.8 Å². The minimum atomic E-state index is -0.551. The molecule has 1 saturated heterocycles. The zero-order chi connectivity index (χ0) is 28.1. The standard InChI is InChI=1S/C29H26BrClN2O5S/c1-4-37-24-13-20(12-23(31)27(24)38-16-19-6-8-21(30)9-7-19)14-25-28(35)33(29(36)39-25)15-26(34)32-22-10-5-17(2)18(3)11-22/h5-14H,4,15-16H2,1-3H3,(H,32,34)/b25-14+. The largest absolute Gasteiger partial charge is 0.490 e. The van der Waals surface area contributed by atoms with Crippen LogP contribution >= 0.6 is 39.3 Å². The fourth-order valence-electron chi connectivity index (χ4n) is 3.76. The summed E-state index contributed by atoms with van der Waals surface area (Å²) in [7, 11) is 0. The fourth-order valence-corrected chi connectivity index (χ4v) is 5.14. The highest BCUT2D eigenvalue weighted by Gasteiger charge is 2.36. The molecule has 1 fully saturated rings. The summed E-state index contributed by atoms with van der Waals surface area (Å²) in [5.41, 5.74) is 4.24. The third-order valence-electron chi connectivity index (χ3n) is 5.89. The number of nitrogens with zero attached hydrogens (tertiary/aromatic N) is 1. The third kappa shape index (κ3) is 7.23. The number of anilines is 1. The van der Waals surface area contributed by atoms with Gasteiger partial charge in [0.1, 0.15) is 13.2 Å². The Labute approximate surface area is 244 Å². The lowest BCUT2D eigenvalue weighted by Crippen LogP contribution is -2.36. The molecule has 3 aromatic rings. The molecular weight excluding hydrogens is 604 g/mol. The topological polar surface area (TPSA) is 84.9 Å². The Kier molecular flexibility index (Phi) is 9.37. The van der Waals surface area contributed by atoms with E-state index in [2.05, 4.69) is 21.2 Å². The first-order chi connectivity index (χ1) is 18.6. The SMILES string of the molecule is CCOc1cc(/C=C2/SC(=O)N(CC(=O)Nc3ccc(C)c(C)c3)C2=O)cc(Cl)c1OCc1ccc(Br)cc1. The van der Waals surface area contributed by atoms with Gasteiger partial charge in [-0.15, -0.1) is 0 Å². The van der Waals surface area contributed by atoms with Crippen LogP contribution in [0.5, 0.6) is 11.5 Å². The van der Waals surface area contributed by atoms with Crippen LogP contribution in [0.25, 0.3) is 6.08 Å². The third-order valence-corrected chi connectivity index (χ3v) is 7.61. The summed E-state index contributed by atoms with van der Waals surface area (Å²) < 4.78 is 12.7. The number of ether oxygens (including phenoxy) is 2. The van der Waals surface area contributed by atoms with E-state index in [-0.39, 0.29) is 18.1 Å². The second-order valence-electron chi connectivity index (χ2n) is 8.79. The van der Waals surface area contributed by atoms with Crippen LogP contribution in [-0.2, 0) is 16.2 Å². The maximum Gasteiger partial charge on any atom is 0.294 e. The molecule has 1 aliphatic rings. The Morgan fingerprint density at radius 3 is 2.49 bits per heavy atom. The van der Waals surface area contributed by atoms with Gasteiger partial charge in [0.25, 0.3) is 11.1 Å². The van der Waals surface area contributed by atoms with Crippen LogP contribution < -0.4 is 14.8 Å². The van der Waals surface area contributed by atoms with E-state index < -0.39 is 17.1 Å². The molecule has 0 radical (unpaired) electrons. The van der Waals surface area contributed by atoms with E-state index in [1.807, 2.05) is 57.2 Å². The monoisotopic (exact) mass is 628 g/mol. The van der Waals surface area contributed by atoms with Crippen molar-refractivity contribution in [2.75, 3.05) is 18.5 Å². The molecule has 3 amide bonds. The molecule has 39 heavy (non-hydrogen) atoms. The van der Waals surface area contributed by atoms with E-state index in [0.29, 0.717) is 34.4 Å². The predicted octanol–water partition coefficient (Wildman–Crippen LogP) is 7.37. The highest BCUT2D eigenvalue weighted by molar-refractivity contribution is 9.10. The first-order valence-electron chi connectivity index (χ1n) is 12.1. The number of amides is 3. The lowest BCUT2D eigenvalue weighted by Gasteiger charge is -2.15. The van der Waals surface area contributed by atoms with Crippen molar-refractivity contribution in [1.82, 2.24) is 4.90 Å². The molecule has 0 aliphatic carbocycles. The molecule has 1 heterocycles. The molecule has 7 nitrogen and oxygen atoms in total. The van der Waals surface area contributed by atoms with Crippen LogP contribution in [0.1, 0.15) is 29.2 Å². The number of carbonyl (C=O) groups excluding carboxylic acids is 3. The summed E-state index contributed by atoms with van der Waals surface area (Å²) in [5.74, 6) is -0.212. The van der Waals surface area contributed by atoms with E-state index in [9.17, 15) is 14.4 Å². The van der Waals surface area contributed by atoms with Gasteiger partial charge < -0.3 is 14.8 Å². The Bertz CT molecular complexity index is 1460. The molecule has 1 aliphatic heterocycles. The van der Waals surface area contributed by atoms with E-state index in [0.717, 1.165) is 37.8 Å². The number of nitrogens with one attached hydrogen (secondary N) is 1. The Morgan fingerprint density at radius 1 is 1.05 bits per heavy atom. The second-order valence-corrected chi connectivity index (χ2v) is 11.1. The lowest BCUT2D eigenvalue weighted by atomic mass is 10.1. The van der Waals surface area contributed by atoms with E-state index in [1.54, 1.807) is 24.3 Å². The summed E-state index contributed by atoms with van der Waals surface area (Å²) in [6, 6.07) is 16.6. The van der Waals surface area contributed by atoms with E-state index in [1.165, 1.54) is 0 Å². The van der Waals surface area contributed by atoms with Gasteiger partial charge in [0, 0.05) is 10.2 Å². The molecule has 0 bridgehead atoms. The van der Waals surface area contributed by atoms with E-state index in [4.69, 9.17) is 21.1 Å². The summed E-state index contributed by atoms with van der Waals surface area (Å²) in [6.07, 6.45) is 1.55. The first kappa shape index (κ1) is 28.7. The van der Waals surface area contributed by atoms with Crippen LogP contribution in [0.4, 0.5) is 10.5 Å². The quantitative estimate of drug-likeness (QED) is 0.249. The fraction of sp³-hybridized carbons (Fsp3) is 0.207. The van der Waals surface area contributed by atoms with Crippen molar-refractivity contribution in [2.24, 2.45) is 0 Å². The van der Waals surface area contributed by atoms with Gasteiger partial charge in [-0.2, -0.15) is 0 Å². The maximum absolute atomic E-state index is 13.0. The molecule has 0 spiro atoms. The average Bonchev–Trinajstić information content (AvgIpc) is 3.14. The number of hydrogen-bond acceptors (Lipinski definition) is 6. The molecule has 1 N–H and O–H groups in total. The summed E-state index contributed by atoms with van der Waals surface area (Å²) in [6.45, 7) is 6.03. The number of carbonyl (C=O) groups is 3. The number of benzene rings is 3. The smallest absolute Gasteiger partial charge is 0.294 e. The van der Waals surface area contributed by atoms with Gasteiger partial charge in [-0.25, -0.2) is 0 Å². The number of aryl methyl sites for hydroxylation is 2. The van der Waals surface area contributed by atoms with Crippen molar-refractivity contribution in [1.29, 1.82) is 0 Å². The minimum absolute atomic E-state index is 0.182. The predicted molar refractivity (Wildman–Crippen MR) is 158 cm³/mol. The van der Waals surface area contributed by atoms with Crippen molar-refractivity contribution in [3.05, 3.63) is 91.3 Å². The zero-order valence-corrected chi connectivity index (χ0v) is 24.7. The summed E-state index contributed by atoms with van der Waals surface area (Å²) in [4.78, 5) is 39.2. The Hall–Kier alpha value is -3.27. The molecule has 0 unspecified atom stereocenters. The van der Waals surface area contributed by atoms with Crippen molar-refractivity contribution >= 4 is 68.1 Å². The van der Waals surface area contributed by atoms with Crippen molar-refractivity contribution in [2.45, 2.75) is 27.4 Å². The molecule has 0 saturated carbocycles. The van der Waals surface area contributed by atoms with Gasteiger partial charge in [0.2, 0.25) is 5.91 Å². The van der Waals surface area contributed by atoms with Crippen molar-refractivity contribution in [3.63, 3.8) is 0 Å². The first-order valence-corrected chi connectivity index (χ1v) is 14.1. The van der Waals surface area contributed by atoms with Crippen LogP contribution in [0.15, 0.2) is 64.0 Å². The van der Waals surface area contributed by atoms with Crippen LogP contribution in [0.3, 0.4) is 0 Å². The number of rotatable bonds is 9. The molecule has 10 heteroatoms. The second kappa shape index (κ2) is 12.7. The number of halogens is 2. The zero-order valence-electron chi connectivity index (χ0n) is 21.5. The number of imide groups is 1. The highest BCUT2D eigenvalue weighted by Crippen LogP contribution is 2.39. The van der Waals surface area contributed by atoms with Gasteiger partial charge in [-0.05, 0) is 97.3 Å². The van der Waals surface area contributed by atoms with Gasteiger partial charge >= 0.3 is 0 Å². The average molecular weight is 630 g/mol. The minimum Gasteiger partial charge on any atom is -0.490 e.